The Morgan fingerprint density at radius 3 is 3.19 bits per heavy atom. The van der Waals surface area contributed by atoms with Crippen LogP contribution in [0.3, 0.4) is 0 Å². The topological polar surface area (TPSA) is 59.1 Å². The first-order valence-electron chi connectivity index (χ1n) is 5.10. The number of hydrogen-bond acceptors (Lipinski definition) is 4. The summed E-state index contributed by atoms with van der Waals surface area (Å²) in [5, 5.41) is 11.2. The van der Waals surface area contributed by atoms with E-state index in [1.54, 1.807) is 17.2 Å². The van der Waals surface area contributed by atoms with E-state index in [9.17, 15) is 0 Å². The van der Waals surface area contributed by atoms with Crippen molar-refractivity contribution >= 4 is 18.4 Å². The van der Waals surface area contributed by atoms with Crippen molar-refractivity contribution < 1.29 is 4.42 Å². The molecule has 3 rings (SSSR count). The maximum absolute atomic E-state index is 5.16. The van der Waals surface area contributed by atoms with Gasteiger partial charge in [0.25, 0.3) is 0 Å². The highest BCUT2D eigenvalue weighted by atomic mass is 32.1. The third-order valence-corrected chi connectivity index (χ3v) is 2.73. The lowest BCUT2D eigenvalue weighted by atomic mass is 10.4. The molecule has 2 aromatic heterocycles. The highest BCUT2D eigenvalue weighted by Gasteiger charge is 2.29. The number of hydrogen-bond donors (Lipinski definition) is 1. The Bertz CT molecular complexity index is 562. The molecular formula is C10H10N4OS. The molecule has 2 heterocycles. The van der Waals surface area contributed by atoms with E-state index in [4.69, 9.17) is 16.6 Å². The van der Waals surface area contributed by atoms with Gasteiger partial charge >= 0.3 is 0 Å². The second-order valence-corrected chi connectivity index (χ2v) is 4.12. The largest absolute Gasteiger partial charge is 0.463 e. The van der Waals surface area contributed by atoms with Gasteiger partial charge < -0.3 is 4.42 Å². The molecular weight excluding hydrogens is 224 g/mol. The molecule has 6 heteroatoms. The molecule has 1 saturated carbocycles. The van der Waals surface area contributed by atoms with Crippen LogP contribution in [0.25, 0.3) is 0 Å². The molecule has 1 fully saturated rings. The van der Waals surface area contributed by atoms with Crippen molar-refractivity contribution in [2.24, 2.45) is 5.10 Å². The second-order valence-electron chi connectivity index (χ2n) is 3.73. The third-order valence-electron chi connectivity index (χ3n) is 2.46. The molecule has 1 aliphatic carbocycles. The van der Waals surface area contributed by atoms with E-state index >= 15 is 0 Å². The summed E-state index contributed by atoms with van der Waals surface area (Å²) in [5.74, 6) is 2.11. The van der Waals surface area contributed by atoms with E-state index in [1.807, 2.05) is 12.1 Å². The van der Waals surface area contributed by atoms with Gasteiger partial charge in [-0.25, -0.2) is 0 Å². The summed E-state index contributed by atoms with van der Waals surface area (Å²) in [7, 11) is 0. The molecule has 0 aliphatic heterocycles. The molecule has 0 saturated heterocycles. The lowest BCUT2D eigenvalue weighted by Crippen LogP contribution is -1.96. The van der Waals surface area contributed by atoms with Crippen molar-refractivity contribution in [2.75, 3.05) is 0 Å². The van der Waals surface area contributed by atoms with Crippen LogP contribution in [-0.2, 0) is 0 Å². The number of nitrogens with one attached hydrogen (secondary N) is 1. The third kappa shape index (κ3) is 1.71. The van der Waals surface area contributed by atoms with Gasteiger partial charge in [-0.1, -0.05) is 0 Å². The Morgan fingerprint density at radius 1 is 1.62 bits per heavy atom. The molecule has 1 aliphatic rings. The van der Waals surface area contributed by atoms with Gasteiger partial charge in [-0.2, -0.15) is 14.9 Å². The fraction of sp³-hybridized carbons (Fsp3) is 0.300. The van der Waals surface area contributed by atoms with E-state index in [0.29, 0.717) is 16.4 Å². The maximum atomic E-state index is 5.16. The number of rotatable bonds is 3. The van der Waals surface area contributed by atoms with Crippen LogP contribution >= 0.6 is 12.2 Å². The van der Waals surface area contributed by atoms with Crippen molar-refractivity contribution in [1.29, 1.82) is 0 Å². The minimum Gasteiger partial charge on any atom is -0.463 e. The van der Waals surface area contributed by atoms with Gasteiger partial charge in [-0.3, -0.25) is 5.10 Å². The summed E-state index contributed by atoms with van der Waals surface area (Å²) in [6.45, 7) is 0. The van der Waals surface area contributed by atoms with Crippen LogP contribution < -0.4 is 0 Å². The first-order valence-corrected chi connectivity index (χ1v) is 5.50. The minimum absolute atomic E-state index is 0.502. The molecule has 82 valence electrons. The molecule has 0 aromatic carbocycles. The lowest BCUT2D eigenvalue weighted by molar-refractivity contribution is 0.559. The molecule has 0 amide bonds. The number of H-pyrrole nitrogens is 1. The summed E-state index contributed by atoms with van der Waals surface area (Å²) >= 11 is 5.12. The minimum atomic E-state index is 0.502. The van der Waals surface area contributed by atoms with Gasteiger partial charge in [0.05, 0.1) is 12.5 Å². The van der Waals surface area contributed by atoms with E-state index in [0.717, 1.165) is 18.7 Å². The zero-order valence-electron chi connectivity index (χ0n) is 8.46. The van der Waals surface area contributed by atoms with E-state index < -0.39 is 0 Å². The summed E-state index contributed by atoms with van der Waals surface area (Å²) in [6.07, 6.45) is 5.57. The first-order chi connectivity index (χ1) is 7.84. The Kier molecular flexibility index (Phi) is 2.21. The van der Waals surface area contributed by atoms with Crippen LogP contribution in [0.4, 0.5) is 0 Å². The average Bonchev–Trinajstić information content (AvgIpc) is 2.87. The van der Waals surface area contributed by atoms with Gasteiger partial charge in [-0.05, 0) is 37.2 Å². The van der Waals surface area contributed by atoms with Crippen LogP contribution in [0.5, 0.6) is 0 Å². The predicted octanol–water partition coefficient (Wildman–Crippen LogP) is 2.29. The van der Waals surface area contributed by atoms with Gasteiger partial charge in [-0.15, -0.1) is 0 Å². The van der Waals surface area contributed by atoms with Crippen molar-refractivity contribution in [1.82, 2.24) is 14.9 Å². The van der Waals surface area contributed by atoms with Gasteiger partial charge in [0.1, 0.15) is 5.76 Å². The molecule has 0 spiro atoms. The van der Waals surface area contributed by atoms with Crippen LogP contribution in [0.2, 0.25) is 0 Å². The molecule has 5 nitrogen and oxygen atoms in total. The Hall–Kier alpha value is -1.69. The predicted molar refractivity (Wildman–Crippen MR) is 61.1 cm³/mol. The zero-order chi connectivity index (χ0) is 11.0. The summed E-state index contributed by atoms with van der Waals surface area (Å²) in [6, 6.07) is 3.65. The Balaban J connectivity index is 1.94. The van der Waals surface area contributed by atoms with E-state index in [1.165, 1.54) is 0 Å². The standard InChI is InChI=1S/C10H10N4OS/c16-10-13-12-9(7-3-4-7)14(10)11-6-8-2-1-5-15-8/h1-2,5-7H,3-4H2,(H,13,16)/b11-6-. The van der Waals surface area contributed by atoms with Crippen molar-refractivity contribution in [3.63, 3.8) is 0 Å². The number of nitrogens with zero attached hydrogens (tertiary/aromatic N) is 3. The maximum Gasteiger partial charge on any atom is 0.216 e. The number of aromatic nitrogens is 3. The molecule has 0 radical (unpaired) electrons. The lowest BCUT2D eigenvalue weighted by Gasteiger charge is -1.96. The van der Waals surface area contributed by atoms with Gasteiger partial charge in [0.2, 0.25) is 4.77 Å². The van der Waals surface area contributed by atoms with Gasteiger partial charge in [0.15, 0.2) is 5.82 Å². The van der Waals surface area contributed by atoms with Crippen molar-refractivity contribution in [2.45, 2.75) is 18.8 Å². The Labute approximate surface area is 96.8 Å². The summed E-state index contributed by atoms with van der Waals surface area (Å²) in [4.78, 5) is 0. The molecule has 0 bridgehead atoms. The van der Waals surface area contributed by atoms with E-state index in [2.05, 4.69) is 15.3 Å². The molecule has 0 atom stereocenters. The Morgan fingerprint density at radius 2 is 2.50 bits per heavy atom. The second kappa shape index (κ2) is 3.71. The molecule has 1 N–H and O–H groups in total. The fourth-order valence-corrected chi connectivity index (χ4v) is 1.69. The van der Waals surface area contributed by atoms with Crippen LogP contribution in [0, 0.1) is 4.77 Å². The fourth-order valence-electron chi connectivity index (χ4n) is 1.50. The highest BCUT2D eigenvalue weighted by molar-refractivity contribution is 7.71. The quantitative estimate of drug-likeness (QED) is 0.654. The van der Waals surface area contributed by atoms with E-state index in [-0.39, 0.29) is 0 Å². The van der Waals surface area contributed by atoms with Gasteiger partial charge in [0, 0.05) is 5.92 Å². The number of aromatic amines is 1. The first kappa shape index (κ1) is 9.53. The van der Waals surface area contributed by atoms with Crippen LogP contribution in [0.15, 0.2) is 27.9 Å². The molecule has 16 heavy (non-hydrogen) atoms. The number of furan rings is 1. The molecule has 2 aromatic rings. The zero-order valence-corrected chi connectivity index (χ0v) is 9.28. The normalized spacial score (nSPS) is 16.0. The van der Waals surface area contributed by atoms with Crippen molar-refractivity contribution in [3.05, 3.63) is 34.8 Å². The van der Waals surface area contributed by atoms with Crippen LogP contribution in [0.1, 0.15) is 30.3 Å². The SMILES string of the molecule is S=c1[nH]nc(C2CC2)n1/N=C\c1ccco1. The summed E-state index contributed by atoms with van der Waals surface area (Å²) < 4.78 is 7.34. The smallest absolute Gasteiger partial charge is 0.216 e. The highest BCUT2D eigenvalue weighted by Crippen LogP contribution is 2.38. The summed E-state index contributed by atoms with van der Waals surface area (Å²) in [5.41, 5.74) is 0. The molecule has 0 unspecified atom stereocenters. The monoisotopic (exact) mass is 234 g/mol. The average molecular weight is 234 g/mol. The van der Waals surface area contributed by atoms with Crippen molar-refractivity contribution in [3.8, 4) is 0 Å². The van der Waals surface area contributed by atoms with Crippen LogP contribution in [-0.4, -0.2) is 21.1 Å².